The second kappa shape index (κ2) is 4.18. The molecule has 2 heteroatoms. The maximum atomic E-state index is 11.4. The highest BCUT2D eigenvalue weighted by Gasteiger charge is 2.19. The average molecular weight is 200 g/mol. The molecule has 1 aromatic rings. The van der Waals surface area contributed by atoms with Crippen LogP contribution in [0.2, 0.25) is 0 Å². The third-order valence-corrected chi connectivity index (χ3v) is 2.49. The van der Waals surface area contributed by atoms with Gasteiger partial charge in [0.05, 0.1) is 0 Å². The first-order chi connectivity index (χ1) is 7.31. The van der Waals surface area contributed by atoms with E-state index in [0.29, 0.717) is 13.0 Å². The molecule has 0 spiro atoms. The quantitative estimate of drug-likeness (QED) is 0.684. The fourth-order valence-corrected chi connectivity index (χ4v) is 1.71. The maximum Gasteiger partial charge on any atom is 0.163 e. The molecule has 0 atom stereocenters. The Kier molecular flexibility index (Phi) is 2.73. The van der Waals surface area contributed by atoms with Gasteiger partial charge in [0.2, 0.25) is 0 Å². The van der Waals surface area contributed by atoms with Crippen LogP contribution in [-0.4, -0.2) is 12.4 Å². The molecule has 0 saturated heterocycles. The van der Waals surface area contributed by atoms with Gasteiger partial charge < -0.3 is 4.74 Å². The van der Waals surface area contributed by atoms with Crippen LogP contribution in [0.5, 0.6) is 5.75 Å². The molecule has 2 nitrogen and oxygen atoms in total. The molecule has 0 N–H and O–H groups in total. The van der Waals surface area contributed by atoms with E-state index in [-0.39, 0.29) is 5.78 Å². The van der Waals surface area contributed by atoms with Crippen LogP contribution in [0.1, 0.15) is 29.3 Å². The van der Waals surface area contributed by atoms with E-state index in [0.717, 1.165) is 23.3 Å². The fraction of sp³-hybridized carbons (Fsp3) is 0.308. The van der Waals surface area contributed by atoms with Crippen molar-refractivity contribution in [3.8, 4) is 17.6 Å². The van der Waals surface area contributed by atoms with Crippen molar-refractivity contribution in [2.24, 2.45) is 0 Å². The topological polar surface area (TPSA) is 26.3 Å². The van der Waals surface area contributed by atoms with Crippen molar-refractivity contribution in [2.45, 2.75) is 19.8 Å². The van der Waals surface area contributed by atoms with Crippen molar-refractivity contribution in [1.82, 2.24) is 0 Å². The van der Waals surface area contributed by atoms with Gasteiger partial charge in [0.25, 0.3) is 0 Å². The molecule has 0 amide bonds. The first-order valence-electron chi connectivity index (χ1n) is 5.00. The van der Waals surface area contributed by atoms with Gasteiger partial charge in [0, 0.05) is 12.0 Å². The van der Waals surface area contributed by atoms with Crippen molar-refractivity contribution < 1.29 is 9.53 Å². The summed E-state index contributed by atoms with van der Waals surface area (Å²) in [5.41, 5.74) is 1.95. The minimum Gasteiger partial charge on any atom is -0.481 e. The highest BCUT2D eigenvalue weighted by molar-refractivity contribution is 6.00. The molecule has 0 unspecified atom stereocenters. The van der Waals surface area contributed by atoms with Gasteiger partial charge in [-0.3, -0.25) is 4.79 Å². The summed E-state index contributed by atoms with van der Waals surface area (Å²) < 4.78 is 5.42. The lowest BCUT2D eigenvalue weighted by Gasteiger charge is -2.04. The Morgan fingerprint density at radius 1 is 1.40 bits per heavy atom. The van der Waals surface area contributed by atoms with Crippen LogP contribution in [0.3, 0.4) is 0 Å². The lowest BCUT2D eigenvalue weighted by atomic mass is 10.1. The van der Waals surface area contributed by atoms with Crippen LogP contribution in [0.15, 0.2) is 18.2 Å². The predicted octanol–water partition coefficient (Wildman–Crippen LogP) is 2.22. The van der Waals surface area contributed by atoms with Crippen LogP contribution >= 0.6 is 0 Å². The van der Waals surface area contributed by atoms with Crippen LogP contribution < -0.4 is 4.74 Å². The van der Waals surface area contributed by atoms with Crippen molar-refractivity contribution in [1.29, 1.82) is 0 Å². The van der Waals surface area contributed by atoms with Crippen LogP contribution in [0, 0.1) is 11.8 Å². The van der Waals surface area contributed by atoms with Crippen molar-refractivity contribution in [2.75, 3.05) is 6.61 Å². The summed E-state index contributed by atoms with van der Waals surface area (Å²) in [6.07, 6.45) is 1.47. The number of fused-ring (bicyclic) bond motifs is 1. The molecule has 2 rings (SSSR count). The zero-order valence-electron chi connectivity index (χ0n) is 8.67. The molecule has 0 bridgehead atoms. The van der Waals surface area contributed by atoms with E-state index in [9.17, 15) is 4.79 Å². The number of rotatable bonds is 2. The number of ketones is 1. The second-order valence-corrected chi connectivity index (χ2v) is 3.46. The molecule has 15 heavy (non-hydrogen) atoms. The summed E-state index contributed by atoms with van der Waals surface area (Å²) in [5, 5.41) is 0. The normalized spacial score (nSPS) is 13.0. The van der Waals surface area contributed by atoms with E-state index in [2.05, 4.69) is 11.8 Å². The minimum absolute atomic E-state index is 0.241. The second-order valence-electron chi connectivity index (χ2n) is 3.46. The monoisotopic (exact) mass is 200 g/mol. The highest BCUT2D eigenvalue weighted by atomic mass is 16.5. The summed E-state index contributed by atoms with van der Waals surface area (Å²) in [5.74, 6) is 6.64. The third-order valence-electron chi connectivity index (χ3n) is 2.49. The Bertz CT molecular complexity index is 449. The molecular weight excluding hydrogens is 188 g/mol. The summed E-state index contributed by atoms with van der Waals surface area (Å²) in [7, 11) is 0. The number of aryl methyl sites for hydroxylation is 1. The van der Waals surface area contributed by atoms with E-state index in [1.807, 2.05) is 18.2 Å². The molecule has 0 radical (unpaired) electrons. The minimum atomic E-state index is 0.241. The van der Waals surface area contributed by atoms with E-state index in [4.69, 9.17) is 4.74 Å². The summed E-state index contributed by atoms with van der Waals surface area (Å²) in [4.78, 5) is 11.4. The van der Waals surface area contributed by atoms with Crippen LogP contribution in [0.4, 0.5) is 0 Å². The van der Waals surface area contributed by atoms with Gasteiger partial charge in [-0.1, -0.05) is 5.92 Å². The van der Waals surface area contributed by atoms with Crippen LogP contribution in [0.25, 0.3) is 0 Å². The van der Waals surface area contributed by atoms with E-state index < -0.39 is 0 Å². The largest absolute Gasteiger partial charge is 0.481 e. The number of benzene rings is 1. The molecule has 76 valence electrons. The number of hydrogen-bond donors (Lipinski definition) is 0. The first kappa shape index (κ1) is 9.79. The fourth-order valence-electron chi connectivity index (χ4n) is 1.71. The maximum absolute atomic E-state index is 11.4. The van der Waals surface area contributed by atoms with Gasteiger partial charge in [0.1, 0.15) is 12.4 Å². The molecule has 0 heterocycles. The van der Waals surface area contributed by atoms with Gasteiger partial charge >= 0.3 is 0 Å². The zero-order valence-corrected chi connectivity index (χ0v) is 8.67. The standard InChI is InChI=1S/C13H12O2/c1-2-3-8-15-11-5-6-12-10(9-11)4-7-13(12)14/h5-6,9H,4,7-8H2,1H3. The van der Waals surface area contributed by atoms with E-state index in [1.165, 1.54) is 0 Å². The third kappa shape index (κ3) is 2.02. The SMILES string of the molecule is CC#CCOc1ccc2c(c1)CCC2=O. The summed E-state index contributed by atoms with van der Waals surface area (Å²) >= 11 is 0. The lowest BCUT2D eigenvalue weighted by molar-refractivity contribution is 0.0994. The van der Waals surface area contributed by atoms with Gasteiger partial charge in [-0.2, -0.15) is 0 Å². The Hall–Kier alpha value is -1.75. The Balaban J connectivity index is 2.15. The molecule has 0 aliphatic heterocycles. The van der Waals surface area contributed by atoms with Crippen LogP contribution in [-0.2, 0) is 6.42 Å². The Labute approximate surface area is 89.3 Å². The van der Waals surface area contributed by atoms with Gasteiger partial charge in [0.15, 0.2) is 5.78 Å². The number of Topliss-reactive ketones (excluding diaryl/α,β-unsaturated/α-hetero) is 1. The number of ether oxygens (including phenoxy) is 1. The summed E-state index contributed by atoms with van der Waals surface area (Å²) in [6.45, 7) is 2.19. The lowest BCUT2D eigenvalue weighted by Crippen LogP contribution is -1.96. The zero-order chi connectivity index (χ0) is 10.7. The van der Waals surface area contributed by atoms with Crippen molar-refractivity contribution >= 4 is 5.78 Å². The van der Waals surface area contributed by atoms with Gasteiger partial charge in [-0.25, -0.2) is 0 Å². The molecule has 0 saturated carbocycles. The smallest absolute Gasteiger partial charge is 0.163 e. The number of carbonyl (C=O) groups is 1. The van der Waals surface area contributed by atoms with E-state index >= 15 is 0 Å². The molecular formula is C13H12O2. The molecule has 0 aromatic heterocycles. The molecule has 1 aromatic carbocycles. The van der Waals surface area contributed by atoms with Gasteiger partial charge in [-0.15, -0.1) is 5.92 Å². The Morgan fingerprint density at radius 3 is 3.07 bits per heavy atom. The predicted molar refractivity (Wildman–Crippen MR) is 58.0 cm³/mol. The molecule has 1 aliphatic rings. The molecule has 1 aliphatic carbocycles. The van der Waals surface area contributed by atoms with Crippen molar-refractivity contribution in [3.63, 3.8) is 0 Å². The average Bonchev–Trinajstić information content (AvgIpc) is 2.61. The number of carbonyl (C=O) groups excluding carboxylic acids is 1. The summed E-state index contributed by atoms with van der Waals surface area (Å²) in [6, 6.07) is 5.62. The molecule has 0 fully saturated rings. The highest BCUT2D eigenvalue weighted by Crippen LogP contribution is 2.25. The van der Waals surface area contributed by atoms with Crippen molar-refractivity contribution in [3.05, 3.63) is 29.3 Å². The Morgan fingerprint density at radius 2 is 2.27 bits per heavy atom. The van der Waals surface area contributed by atoms with Gasteiger partial charge in [-0.05, 0) is 37.1 Å². The first-order valence-corrected chi connectivity index (χ1v) is 5.00. The number of hydrogen-bond acceptors (Lipinski definition) is 2. The van der Waals surface area contributed by atoms with E-state index in [1.54, 1.807) is 6.92 Å².